The third kappa shape index (κ3) is 8.07. The first-order valence-corrected chi connectivity index (χ1v) is 28.8. The van der Waals surface area contributed by atoms with Crippen LogP contribution in [0.15, 0.2) is 24.0 Å². The molecule has 10 heteroatoms. The number of ether oxygens (including phenoxy) is 3. The Hall–Kier alpha value is -1.96. The van der Waals surface area contributed by atoms with Crippen LogP contribution in [0.1, 0.15) is 159 Å². The van der Waals surface area contributed by atoms with Crippen LogP contribution in [0.5, 0.6) is 0 Å². The molecular formula is C50H83NO7Si2. The van der Waals surface area contributed by atoms with E-state index in [2.05, 4.69) is 140 Å². The molecule has 1 saturated heterocycles. The van der Waals surface area contributed by atoms with E-state index in [0.717, 1.165) is 53.7 Å². The Bertz CT molecular complexity index is 1910. The van der Waals surface area contributed by atoms with Crippen molar-refractivity contribution in [1.82, 2.24) is 0 Å². The van der Waals surface area contributed by atoms with E-state index >= 15 is 0 Å². The maximum Gasteiger partial charge on any atom is 0.412 e. The average molecular weight is 866 g/mol. The topological polar surface area (TPSA) is 95.5 Å². The van der Waals surface area contributed by atoms with Crippen LogP contribution in [0.4, 0.5) is 10.5 Å². The lowest BCUT2D eigenvalue weighted by Gasteiger charge is -2.65. The number of aliphatic hydroxyl groups excluding tert-OH is 1. The highest BCUT2D eigenvalue weighted by atomic mass is 28.4. The Kier molecular flexibility index (Phi) is 11.7. The van der Waals surface area contributed by atoms with Crippen LogP contribution in [0.3, 0.4) is 0 Å². The Morgan fingerprint density at radius 3 is 2.10 bits per heavy atom. The molecule has 0 bridgehead atoms. The molecule has 5 aliphatic rings. The zero-order chi connectivity index (χ0) is 45.2. The van der Waals surface area contributed by atoms with E-state index in [-0.39, 0.29) is 38.3 Å². The van der Waals surface area contributed by atoms with Crippen molar-refractivity contribution in [2.75, 3.05) is 18.5 Å². The van der Waals surface area contributed by atoms with Crippen molar-refractivity contribution in [3.8, 4) is 0 Å². The molecule has 60 heavy (non-hydrogen) atoms. The first-order valence-electron chi connectivity index (χ1n) is 23.0. The molecule has 0 radical (unpaired) electrons. The van der Waals surface area contributed by atoms with Crippen molar-refractivity contribution < 1.29 is 33.0 Å². The summed E-state index contributed by atoms with van der Waals surface area (Å²) in [7, 11) is -4.20. The first kappa shape index (κ1) is 47.5. The van der Waals surface area contributed by atoms with Gasteiger partial charge in [0.1, 0.15) is 11.4 Å². The van der Waals surface area contributed by atoms with Gasteiger partial charge in [0.25, 0.3) is 0 Å². The van der Waals surface area contributed by atoms with Crippen molar-refractivity contribution in [2.45, 2.75) is 202 Å². The average Bonchev–Trinajstić information content (AvgIpc) is 3.52. The number of nitrogens with one attached hydrogen (secondary N) is 1. The number of carbonyl (C=O) groups excluding carboxylic acids is 1. The van der Waals surface area contributed by atoms with Gasteiger partial charge in [-0.1, -0.05) is 62.3 Å². The molecule has 1 aromatic rings. The molecule has 8 nitrogen and oxygen atoms in total. The summed E-state index contributed by atoms with van der Waals surface area (Å²) < 4.78 is 34.1. The first-order chi connectivity index (χ1) is 27.0. The van der Waals surface area contributed by atoms with E-state index in [0.29, 0.717) is 30.7 Å². The molecule has 0 unspecified atom stereocenters. The van der Waals surface area contributed by atoms with Crippen LogP contribution in [-0.2, 0) is 23.1 Å². The quantitative estimate of drug-likeness (QED) is 0.264. The molecule has 1 aromatic carbocycles. The van der Waals surface area contributed by atoms with Crippen molar-refractivity contribution in [1.29, 1.82) is 0 Å². The van der Waals surface area contributed by atoms with E-state index in [1.807, 2.05) is 26.8 Å². The SMILES string of the molecule is CC(C)(C)OC(=O)Nc1cc2c(cc1/C=C1/OC[C@@H]3CC[C@H]4[C@](C)(CO[Si](C)(C)C(C)(C)C)[C@@H](O[Si](C)(C)C(C)(C)C)CC[C@]4(C)[C@@]13C)C1=CC(C)(C)OC(C)(C)[C@H]1[C@@H]2O. The van der Waals surface area contributed by atoms with E-state index in [1.54, 1.807) is 0 Å². The maximum atomic E-state index is 13.5. The molecule has 3 aliphatic carbocycles. The summed E-state index contributed by atoms with van der Waals surface area (Å²) in [6, 6.07) is 4.11. The van der Waals surface area contributed by atoms with E-state index in [4.69, 9.17) is 23.1 Å². The highest BCUT2D eigenvalue weighted by Gasteiger charge is 2.68. The van der Waals surface area contributed by atoms with Crippen LogP contribution in [0.25, 0.3) is 11.6 Å². The van der Waals surface area contributed by atoms with Gasteiger partial charge in [0.05, 0.1) is 35.7 Å². The minimum Gasteiger partial charge on any atom is -0.497 e. The number of hydrogen-bond acceptors (Lipinski definition) is 7. The van der Waals surface area contributed by atoms with Crippen LogP contribution in [-0.4, -0.2) is 64.0 Å². The van der Waals surface area contributed by atoms with Gasteiger partial charge < -0.3 is 28.2 Å². The lowest BCUT2D eigenvalue weighted by molar-refractivity contribution is -0.181. The zero-order valence-electron chi connectivity index (χ0n) is 41.3. The second-order valence-electron chi connectivity index (χ2n) is 25.2. The number of aliphatic hydroxyl groups is 1. The van der Waals surface area contributed by atoms with Gasteiger partial charge in [-0.05, 0) is 163 Å². The third-order valence-electron chi connectivity index (χ3n) is 17.0. The number of fused-ring (bicyclic) bond motifs is 6. The van der Waals surface area contributed by atoms with E-state index in [1.165, 1.54) is 0 Å². The predicted octanol–water partition coefficient (Wildman–Crippen LogP) is 13.3. The fraction of sp³-hybridized carbons (Fsp3) is 0.780. The Morgan fingerprint density at radius 2 is 1.52 bits per heavy atom. The van der Waals surface area contributed by atoms with Crippen LogP contribution in [0.2, 0.25) is 36.3 Å². The van der Waals surface area contributed by atoms with Gasteiger partial charge in [0.15, 0.2) is 16.6 Å². The largest absolute Gasteiger partial charge is 0.497 e. The number of anilines is 1. The minimum atomic E-state index is -2.12. The molecule has 2 aliphatic heterocycles. The lowest BCUT2D eigenvalue weighted by Crippen LogP contribution is -2.64. The molecule has 2 heterocycles. The van der Waals surface area contributed by atoms with Gasteiger partial charge in [-0.15, -0.1) is 0 Å². The summed E-state index contributed by atoms with van der Waals surface area (Å²) in [6.45, 7) is 46.4. The molecule has 1 amide bonds. The molecule has 8 atom stereocenters. The fourth-order valence-corrected chi connectivity index (χ4v) is 14.1. The molecule has 2 saturated carbocycles. The normalized spacial score (nSPS) is 34.5. The van der Waals surface area contributed by atoms with Crippen LogP contribution < -0.4 is 5.32 Å². The number of benzene rings is 1. The Labute approximate surface area is 366 Å². The molecule has 338 valence electrons. The van der Waals surface area contributed by atoms with Gasteiger partial charge in [0, 0.05) is 34.8 Å². The summed E-state index contributed by atoms with van der Waals surface area (Å²) in [5.41, 5.74) is 1.87. The van der Waals surface area contributed by atoms with Gasteiger partial charge in [0.2, 0.25) is 0 Å². The number of carbonyl (C=O) groups is 1. The van der Waals surface area contributed by atoms with Crippen molar-refractivity contribution in [2.24, 2.45) is 34.0 Å². The highest BCUT2D eigenvalue weighted by Crippen LogP contribution is 2.71. The van der Waals surface area contributed by atoms with E-state index in [9.17, 15) is 9.90 Å². The summed E-state index contributed by atoms with van der Waals surface area (Å²) >= 11 is 0. The highest BCUT2D eigenvalue weighted by molar-refractivity contribution is 6.74. The van der Waals surface area contributed by atoms with Gasteiger partial charge in [-0.25, -0.2) is 4.79 Å². The number of allylic oxidation sites excluding steroid dienone is 1. The number of amides is 1. The van der Waals surface area contributed by atoms with Gasteiger partial charge >= 0.3 is 6.09 Å². The monoisotopic (exact) mass is 866 g/mol. The van der Waals surface area contributed by atoms with Gasteiger partial charge in [-0.3, -0.25) is 5.32 Å². The van der Waals surface area contributed by atoms with Crippen LogP contribution in [0, 0.1) is 34.0 Å². The molecule has 2 N–H and O–H groups in total. The molecule has 3 fully saturated rings. The number of rotatable bonds is 7. The second-order valence-corrected chi connectivity index (χ2v) is 34.8. The summed E-state index contributed by atoms with van der Waals surface area (Å²) in [5.74, 6) is 1.39. The molecule has 6 rings (SSSR count). The summed E-state index contributed by atoms with van der Waals surface area (Å²) in [4.78, 5) is 13.5. The van der Waals surface area contributed by atoms with Gasteiger partial charge in [-0.2, -0.15) is 0 Å². The molecule has 0 spiro atoms. The van der Waals surface area contributed by atoms with E-state index < -0.39 is 45.6 Å². The second kappa shape index (κ2) is 14.8. The summed E-state index contributed by atoms with van der Waals surface area (Å²) in [6.07, 6.45) is 7.31. The Balaban J connectivity index is 1.48. The van der Waals surface area contributed by atoms with Crippen molar-refractivity contribution in [3.05, 3.63) is 40.7 Å². The zero-order valence-corrected chi connectivity index (χ0v) is 43.3. The van der Waals surface area contributed by atoms with Crippen molar-refractivity contribution in [3.63, 3.8) is 0 Å². The maximum absolute atomic E-state index is 13.5. The molecule has 0 aromatic heterocycles. The number of hydrogen-bond donors (Lipinski definition) is 2. The predicted molar refractivity (Wildman–Crippen MR) is 251 cm³/mol. The fourth-order valence-electron chi connectivity index (χ4n) is 11.5. The van der Waals surface area contributed by atoms with Crippen LogP contribution >= 0.6 is 0 Å². The third-order valence-corrected chi connectivity index (χ3v) is 25.9. The Morgan fingerprint density at radius 1 is 0.900 bits per heavy atom. The van der Waals surface area contributed by atoms with Crippen molar-refractivity contribution >= 4 is 40.1 Å². The lowest BCUT2D eigenvalue weighted by atomic mass is 9.40. The minimum absolute atomic E-state index is 0.0942. The summed E-state index contributed by atoms with van der Waals surface area (Å²) in [5, 5.41) is 15.3. The standard InChI is InChI=1S/C50H83NO7Si2/c1-43(2,3)56-42(53)51-36-27-34-33(35-28-46(10,11)58-47(12,13)40(35)41(34)52)25-31(36)26-39-50(16)32(29-54-39)21-22-37-48(14,30-55-59(17,18)44(4,5)6)38(23-24-49(37,50)15)57-60(19,20)45(7,8)9/h25-28,32,37-38,40-41,52H,21-24,29-30H2,1-20H3,(H,51,53)/b39-26+/t32-,37-,38-,40+,41+,48-,49-,50+/m0/s1. The smallest absolute Gasteiger partial charge is 0.412 e. The molecular weight excluding hydrogens is 783 g/mol.